The topological polar surface area (TPSA) is 45.6 Å². The van der Waals surface area contributed by atoms with E-state index < -0.39 is 0 Å². The minimum Gasteiger partial charge on any atom is -0.343 e. The summed E-state index contributed by atoms with van der Waals surface area (Å²) >= 11 is 0. The molecule has 0 spiro atoms. The van der Waals surface area contributed by atoms with Crippen molar-refractivity contribution in [3.05, 3.63) is 36.0 Å². The summed E-state index contributed by atoms with van der Waals surface area (Å²) in [5.74, 6) is -0.189. The molecule has 1 aromatic carbocycles. The number of para-hydroxylation sites is 1. The van der Waals surface area contributed by atoms with Gasteiger partial charge in [0.25, 0.3) is 5.91 Å². The average molecular weight is 259 g/mol. The largest absolute Gasteiger partial charge is 0.343 e. The van der Waals surface area contributed by atoms with Gasteiger partial charge in [0.15, 0.2) is 0 Å². The maximum absolute atomic E-state index is 12.3. The Balaban J connectivity index is 2.72. The summed E-state index contributed by atoms with van der Waals surface area (Å²) < 4.78 is 1.46. The third-order valence-corrected chi connectivity index (χ3v) is 2.91. The average Bonchev–Trinajstić information content (AvgIpc) is 2.75. The molecule has 5 nitrogen and oxygen atoms in total. The second-order valence-electron chi connectivity index (χ2n) is 4.80. The predicted molar refractivity (Wildman–Crippen MR) is 74.4 cm³/mol. The number of hydrogen-bond acceptors (Lipinski definition) is 2. The van der Waals surface area contributed by atoms with E-state index >= 15 is 0 Å². The van der Waals surface area contributed by atoms with Crippen LogP contribution in [-0.4, -0.2) is 54.5 Å². The quantitative estimate of drug-likeness (QED) is 0.785. The minimum atomic E-state index is -0.230. The highest BCUT2D eigenvalue weighted by Gasteiger charge is 2.22. The van der Waals surface area contributed by atoms with Gasteiger partial charge in [-0.15, -0.1) is 0 Å². The van der Waals surface area contributed by atoms with Crippen molar-refractivity contribution in [1.29, 1.82) is 0 Å². The fraction of sp³-hybridized carbons (Fsp3) is 0.286. The SMILES string of the molecule is CN(C)C(=O)c1cc2ccccc2n1C(=O)N(C)C. The number of aromatic nitrogens is 1. The van der Waals surface area contributed by atoms with Gasteiger partial charge in [0, 0.05) is 33.6 Å². The molecule has 2 rings (SSSR count). The van der Waals surface area contributed by atoms with E-state index in [-0.39, 0.29) is 11.9 Å². The van der Waals surface area contributed by atoms with E-state index in [1.807, 2.05) is 24.3 Å². The summed E-state index contributed by atoms with van der Waals surface area (Å²) in [6, 6.07) is 8.98. The molecule has 0 unspecified atom stereocenters. The molecule has 0 fully saturated rings. The van der Waals surface area contributed by atoms with Crippen LogP contribution in [0.3, 0.4) is 0 Å². The van der Waals surface area contributed by atoms with Gasteiger partial charge in [-0.25, -0.2) is 4.79 Å². The van der Waals surface area contributed by atoms with Crippen molar-refractivity contribution in [3.63, 3.8) is 0 Å². The van der Waals surface area contributed by atoms with Crippen molar-refractivity contribution in [2.24, 2.45) is 0 Å². The second-order valence-corrected chi connectivity index (χ2v) is 4.80. The van der Waals surface area contributed by atoms with E-state index in [0.29, 0.717) is 5.69 Å². The first-order valence-corrected chi connectivity index (χ1v) is 5.97. The van der Waals surface area contributed by atoms with Gasteiger partial charge in [0.2, 0.25) is 0 Å². The second kappa shape index (κ2) is 4.76. The number of hydrogen-bond donors (Lipinski definition) is 0. The molecule has 5 heteroatoms. The number of fused-ring (bicyclic) bond motifs is 1. The zero-order chi connectivity index (χ0) is 14.2. The molecule has 0 aliphatic carbocycles. The molecule has 0 aliphatic heterocycles. The fourth-order valence-electron chi connectivity index (χ4n) is 1.95. The van der Waals surface area contributed by atoms with Crippen LogP contribution in [0.25, 0.3) is 10.9 Å². The first-order valence-electron chi connectivity index (χ1n) is 5.97. The van der Waals surface area contributed by atoms with Gasteiger partial charge < -0.3 is 9.80 Å². The molecule has 1 aromatic heterocycles. The number of rotatable bonds is 1. The summed E-state index contributed by atoms with van der Waals surface area (Å²) in [6.07, 6.45) is 0. The van der Waals surface area contributed by atoms with Crippen LogP contribution < -0.4 is 0 Å². The lowest BCUT2D eigenvalue weighted by Crippen LogP contribution is -2.32. The molecule has 0 atom stereocenters. The highest BCUT2D eigenvalue weighted by molar-refractivity contribution is 6.04. The normalized spacial score (nSPS) is 10.5. The standard InChI is InChI=1S/C14H17N3O2/c1-15(2)13(18)12-9-10-7-5-6-8-11(10)17(12)14(19)16(3)4/h5-9H,1-4H3. The van der Waals surface area contributed by atoms with E-state index in [9.17, 15) is 9.59 Å². The van der Waals surface area contributed by atoms with Gasteiger partial charge in [-0.05, 0) is 12.1 Å². The van der Waals surface area contributed by atoms with Crippen molar-refractivity contribution in [1.82, 2.24) is 14.4 Å². The van der Waals surface area contributed by atoms with Crippen LogP contribution in [0.5, 0.6) is 0 Å². The molecule has 2 amide bonds. The van der Waals surface area contributed by atoms with Gasteiger partial charge in [0.1, 0.15) is 5.69 Å². The number of carbonyl (C=O) groups is 2. The Morgan fingerprint density at radius 2 is 1.63 bits per heavy atom. The molecular weight excluding hydrogens is 242 g/mol. The molecule has 0 radical (unpaired) electrons. The van der Waals surface area contributed by atoms with E-state index in [1.165, 1.54) is 14.4 Å². The van der Waals surface area contributed by atoms with E-state index in [2.05, 4.69) is 0 Å². The molecule has 0 saturated heterocycles. The van der Waals surface area contributed by atoms with E-state index in [0.717, 1.165) is 10.9 Å². The van der Waals surface area contributed by atoms with Gasteiger partial charge in [-0.3, -0.25) is 9.36 Å². The van der Waals surface area contributed by atoms with Gasteiger partial charge >= 0.3 is 6.03 Å². The van der Waals surface area contributed by atoms with Crippen molar-refractivity contribution < 1.29 is 9.59 Å². The third-order valence-electron chi connectivity index (χ3n) is 2.91. The van der Waals surface area contributed by atoms with Gasteiger partial charge in [-0.1, -0.05) is 18.2 Å². The lowest BCUT2D eigenvalue weighted by molar-refractivity contribution is 0.0818. The van der Waals surface area contributed by atoms with Crippen molar-refractivity contribution >= 4 is 22.8 Å². The maximum Gasteiger partial charge on any atom is 0.328 e. The number of nitrogens with zero attached hydrogens (tertiary/aromatic N) is 3. The molecule has 0 saturated carbocycles. The summed E-state index contributed by atoms with van der Waals surface area (Å²) in [5.41, 5.74) is 1.12. The number of benzene rings is 1. The van der Waals surface area contributed by atoms with E-state index in [4.69, 9.17) is 0 Å². The smallest absolute Gasteiger partial charge is 0.328 e. The van der Waals surface area contributed by atoms with Crippen LogP contribution in [0.2, 0.25) is 0 Å². The molecular formula is C14H17N3O2. The predicted octanol–water partition coefficient (Wildman–Crippen LogP) is 1.87. The van der Waals surface area contributed by atoms with Gasteiger partial charge in [-0.2, -0.15) is 0 Å². The van der Waals surface area contributed by atoms with Crippen LogP contribution in [0, 0.1) is 0 Å². The van der Waals surface area contributed by atoms with Crippen LogP contribution in [0.1, 0.15) is 10.5 Å². The highest BCUT2D eigenvalue weighted by Crippen LogP contribution is 2.21. The Hall–Kier alpha value is -2.30. The van der Waals surface area contributed by atoms with Crippen molar-refractivity contribution in [3.8, 4) is 0 Å². The fourth-order valence-corrected chi connectivity index (χ4v) is 1.95. The molecule has 100 valence electrons. The number of amides is 2. The Morgan fingerprint density at radius 1 is 1.00 bits per heavy atom. The Labute approximate surface area is 112 Å². The van der Waals surface area contributed by atoms with Crippen molar-refractivity contribution in [2.45, 2.75) is 0 Å². The Kier molecular flexibility index (Phi) is 3.29. The zero-order valence-electron chi connectivity index (χ0n) is 11.5. The number of carbonyl (C=O) groups excluding carboxylic acids is 2. The van der Waals surface area contributed by atoms with Crippen LogP contribution in [0.4, 0.5) is 4.79 Å². The lowest BCUT2D eigenvalue weighted by atomic mass is 10.2. The Morgan fingerprint density at radius 3 is 2.21 bits per heavy atom. The first-order chi connectivity index (χ1) is 8.93. The molecule has 0 aliphatic rings. The van der Waals surface area contributed by atoms with Crippen molar-refractivity contribution in [2.75, 3.05) is 28.2 Å². The van der Waals surface area contributed by atoms with Crippen LogP contribution in [0.15, 0.2) is 30.3 Å². The Bertz CT molecular complexity index is 641. The minimum absolute atomic E-state index is 0.189. The third kappa shape index (κ3) is 2.19. The lowest BCUT2D eigenvalue weighted by Gasteiger charge is -2.16. The van der Waals surface area contributed by atoms with Crippen LogP contribution in [-0.2, 0) is 0 Å². The first kappa shape index (κ1) is 13.1. The molecule has 1 heterocycles. The molecule has 0 N–H and O–H groups in total. The highest BCUT2D eigenvalue weighted by atomic mass is 16.2. The summed E-state index contributed by atoms with van der Waals surface area (Å²) in [5, 5.41) is 0.878. The monoisotopic (exact) mass is 259 g/mol. The van der Waals surface area contributed by atoms with Crippen LogP contribution >= 0.6 is 0 Å². The molecule has 2 aromatic rings. The summed E-state index contributed by atoms with van der Waals surface area (Å²) in [7, 11) is 6.68. The zero-order valence-corrected chi connectivity index (χ0v) is 11.5. The maximum atomic E-state index is 12.3. The summed E-state index contributed by atoms with van der Waals surface area (Å²) in [4.78, 5) is 27.4. The molecule has 0 bridgehead atoms. The van der Waals surface area contributed by atoms with Gasteiger partial charge in [0.05, 0.1) is 5.52 Å². The van der Waals surface area contributed by atoms with E-state index in [1.54, 1.807) is 34.3 Å². The molecule has 19 heavy (non-hydrogen) atoms. The summed E-state index contributed by atoms with van der Waals surface area (Å²) in [6.45, 7) is 0.